The maximum absolute atomic E-state index is 14.1. The summed E-state index contributed by atoms with van der Waals surface area (Å²) >= 11 is 0. The molecule has 0 N–H and O–H groups in total. The maximum Gasteiger partial charge on any atom is 0.413 e. The number of esters is 2. The summed E-state index contributed by atoms with van der Waals surface area (Å²) in [5.74, 6) is -1.32. The highest BCUT2D eigenvalue weighted by Gasteiger charge is 2.50. The van der Waals surface area contributed by atoms with Crippen molar-refractivity contribution in [3.8, 4) is 0 Å². The van der Waals surface area contributed by atoms with Crippen LogP contribution in [0, 0.1) is 0 Å². The number of hydrogen-bond acceptors (Lipinski definition) is 10. The third kappa shape index (κ3) is 13.6. The Morgan fingerprint density at radius 2 is 0.926 bits per heavy atom. The van der Waals surface area contributed by atoms with Crippen LogP contribution in [0.5, 0.6) is 0 Å². The van der Waals surface area contributed by atoms with Gasteiger partial charge < -0.3 is 28.4 Å². The van der Waals surface area contributed by atoms with Crippen LogP contribution in [0.15, 0.2) is 86.0 Å². The summed E-state index contributed by atoms with van der Waals surface area (Å²) in [6, 6.07) is 18.6. The smallest absolute Gasteiger partial charge is 0.413 e. The van der Waals surface area contributed by atoms with E-state index in [2.05, 4.69) is 13.2 Å². The first-order valence-corrected chi connectivity index (χ1v) is 18.1. The van der Waals surface area contributed by atoms with E-state index >= 15 is 0 Å². The highest BCUT2D eigenvalue weighted by Crippen LogP contribution is 2.32. The maximum atomic E-state index is 14.1. The van der Waals surface area contributed by atoms with Crippen molar-refractivity contribution in [2.75, 3.05) is 40.9 Å². The zero-order valence-corrected chi connectivity index (χ0v) is 33.4. The Hall–Kier alpha value is -4.68. The van der Waals surface area contributed by atoms with Gasteiger partial charge in [-0.05, 0) is 78.4 Å². The van der Waals surface area contributed by atoms with Crippen LogP contribution in [-0.4, -0.2) is 97.1 Å². The van der Waals surface area contributed by atoms with Crippen molar-refractivity contribution >= 4 is 24.1 Å². The normalized spacial score (nSPS) is 13.7. The molecule has 12 nitrogen and oxygen atoms in total. The molecule has 0 saturated heterocycles. The summed E-state index contributed by atoms with van der Waals surface area (Å²) in [5.41, 5.74) is -3.17. The monoisotopic (exact) mass is 752 g/mol. The number of rotatable bonds is 21. The number of carbonyl (C=O) groups excluding carboxylic acids is 4. The van der Waals surface area contributed by atoms with Gasteiger partial charge in [0.2, 0.25) is 0 Å². The van der Waals surface area contributed by atoms with Gasteiger partial charge in [0.05, 0.1) is 13.2 Å². The van der Waals surface area contributed by atoms with E-state index < -0.39 is 46.4 Å². The average molecular weight is 753 g/mol. The minimum Gasteiger partial charge on any atom is -0.464 e. The Balaban J connectivity index is 2.30. The number of nitrogens with zero attached hydrogens (tertiary/aromatic N) is 2. The molecule has 0 bridgehead atoms. The second-order valence-electron chi connectivity index (χ2n) is 15.0. The quantitative estimate of drug-likeness (QED) is 0.0412. The van der Waals surface area contributed by atoms with Crippen molar-refractivity contribution < 1.29 is 47.6 Å². The molecule has 0 aromatic heterocycles. The van der Waals surface area contributed by atoms with Crippen LogP contribution in [0.25, 0.3) is 0 Å². The van der Waals surface area contributed by atoms with Crippen LogP contribution in [0.4, 0.5) is 9.59 Å². The van der Waals surface area contributed by atoms with Gasteiger partial charge >= 0.3 is 24.1 Å². The van der Waals surface area contributed by atoms with Gasteiger partial charge in [0.1, 0.15) is 24.7 Å². The molecule has 2 atom stereocenters. The SMILES string of the molecule is C=CCC(Cc1ccccc1)(C(=O)OCCCCOC(=O)C(CC=C)(Cc1ccccc1)N(COC)C(=O)OC(C)(C)C)N(COC)C(=O)OC(C)(C)C. The first-order valence-electron chi connectivity index (χ1n) is 18.1. The fourth-order valence-corrected chi connectivity index (χ4v) is 5.83. The molecular weight excluding hydrogens is 692 g/mol. The first kappa shape index (κ1) is 45.5. The van der Waals surface area contributed by atoms with E-state index in [1.807, 2.05) is 60.7 Å². The van der Waals surface area contributed by atoms with Crippen LogP contribution in [0.1, 0.15) is 78.4 Å². The standard InChI is InChI=1S/C42H60N2O10/c1-11-25-41(29-33-21-15-13-16-22-33,43(31-49-9)37(47)53-39(3,4)5)35(45)51-27-19-20-28-52-36(46)42(26-12-2,30-34-23-17-14-18-24-34)44(32-50-10)38(48)54-40(6,7)8/h11-18,21-24H,1-2,19-20,25-32H2,3-10H3. The van der Waals surface area contributed by atoms with Crippen molar-refractivity contribution in [2.24, 2.45) is 0 Å². The molecule has 12 heteroatoms. The Kier molecular flexibility index (Phi) is 17.9. The molecule has 0 spiro atoms. The van der Waals surface area contributed by atoms with E-state index in [9.17, 15) is 19.2 Å². The van der Waals surface area contributed by atoms with E-state index in [0.29, 0.717) is 12.8 Å². The molecule has 2 amide bonds. The van der Waals surface area contributed by atoms with Gasteiger partial charge in [0.25, 0.3) is 0 Å². The lowest BCUT2D eigenvalue weighted by atomic mass is 9.85. The van der Waals surface area contributed by atoms with E-state index in [1.165, 1.54) is 24.0 Å². The van der Waals surface area contributed by atoms with Gasteiger partial charge in [-0.3, -0.25) is 9.80 Å². The molecule has 0 aliphatic rings. The highest BCUT2D eigenvalue weighted by molar-refractivity contribution is 5.87. The van der Waals surface area contributed by atoms with Gasteiger partial charge in [-0.15, -0.1) is 13.2 Å². The summed E-state index contributed by atoms with van der Waals surface area (Å²) in [6.45, 7) is 17.6. The molecule has 0 aliphatic heterocycles. The van der Waals surface area contributed by atoms with Gasteiger partial charge in [-0.2, -0.15) is 0 Å². The van der Waals surface area contributed by atoms with Crippen molar-refractivity contribution in [1.29, 1.82) is 0 Å². The van der Waals surface area contributed by atoms with Crippen LogP contribution in [-0.2, 0) is 50.9 Å². The summed E-state index contributed by atoms with van der Waals surface area (Å²) in [7, 11) is 2.85. The summed E-state index contributed by atoms with van der Waals surface area (Å²) < 4.78 is 33.9. The lowest BCUT2D eigenvalue weighted by Crippen LogP contribution is -2.60. The van der Waals surface area contributed by atoms with Crippen LogP contribution < -0.4 is 0 Å². The zero-order chi connectivity index (χ0) is 40.4. The molecule has 2 aromatic rings. The molecule has 0 heterocycles. The fraction of sp³-hybridized carbons (Fsp3) is 0.524. The molecule has 0 saturated carbocycles. The van der Waals surface area contributed by atoms with Crippen molar-refractivity contribution in [3.63, 3.8) is 0 Å². The minimum absolute atomic E-state index is 0.0330. The summed E-state index contributed by atoms with van der Waals surface area (Å²) in [6.07, 6.45) is 2.64. The lowest BCUT2D eigenvalue weighted by Gasteiger charge is -2.41. The van der Waals surface area contributed by atoms with Crippen LogP contribution >= 0.6 is 0 Å². The first-order chi connectivity index (χ1) is 25.5. The Bertz CT molecular complexity index is 1390. The second-order valence-corrected chi connectivity index (χ2v) is 15.0. The van der Waals surface area contributed by atoms with E-state index in [0.717, 1.165) is 11.1 Å². The molecular formula is C42H60N2O10. The number of benzene rings is 2. The Morgan fingerprint density at radius 1 is 0.593 bits per heavy atom. The number of unbranched alkanes of at least 4 members (excludes halogenated alkanes) is 1. The van der Waals surface area contributed by atoms with Crippen molar-refractivity contribution in [3.05, 3.63) is 97.1 Å². The van der Waals surface area contributed by atoms with Gasteiger partial charge in [0.15, 0.2) is 11.1 Å². The molecule has 0 radical (unpaired) electrons. The third-order valence-electron chi connectivity index (χ3n) is 8.19. The average Bonchev–Trinajstić information content (AvgIpc) is 3.09. The summed E-state index contributed by atoms with van der Waals surface area (Å²) in [4.78, 5) is 57.9. The van der Waals surface area contributed by atoms with Crippen LogP contribution in [0.3, 0.4) is 0 Å². The van der Waals surface area contributed by atoms with Gasteiger partial charge in [-0.1, -0.05) is 72.8 Å². The second kappa shape index (κ2) is 21.3. The van der Waals surface area contributed by atoms with E-state index in [-0.39, 0.29) is 52.4 Å². The fourth-order valence-electron chi connectivity index (χ4n) is 5.83. The number of amides is 2. The number of carbonyl (C=O) groups is 4. The highest BCUT2D eigenvalue weighted by atomic mass is 16.6. The molecule has 2 aromatic carbocycles. The van der Waals surface area contributed by atoms with Gasteiger partial charge in [0, 0.05) is 27.1 Å². The third-order valence-corrected chi connectivity index (χ3v) is 8.19. The van der Waals surface area contributed by atoms with Crippen molar-refractivity contribution in [2.45, 2.75) is 102 Å². The lowest BCUT2D eigenvalue weighted by molar-refractivity contribution is -0.163. The van der Waals surface area contributed by atoms with Crippen LogP contribution in [0.2, 0.25) is 0 Å². The van der Waals surface area contributed by atoms with E-state index in [4.69, 9.17) is 28.4 Å². The predicted molar refractivity (Wildman–Crippen MR) is 206 cm³/mol. The molecule has 0 fully saturated rings. The molecule has 2 rings (SSSR count). The van der Waals surface area contributed by atoms with Crippen molar-refractivity contribution in [1.82, 2.24) is 9.80 Å². The number of methoxy groups -OCH3 is 2. The molecule has 0 aliphatic carbocycles. The Morgan fingerprint density at radius 3 is 1.20 bits per heavy atom. The molecule has 54 heavy (non-hydrogen) atoms. The predicted octanol–water partition coefficient (Wildman–Crippen LogP) is 7.65. The number of hydrogen-bond donors (Lipinski definition) is 0. The van der Waals surface area contributed by atoms with Gasteiger partial charge in [-0.25, -0.2) is 19.2 Å². The molecule has 2 unspecified atom stereocenters. The Labute approximate surface area is 321 Å². The minimum atomic E-state index is -1.54. The van der Waals surface area contributed by atoms with E-state index in [1.54, 1.807) is 53.7 Å². The molecule has 298 valence electrons. The summed E-state index contributed by atoms with van der Waals surface area (Å²) in [5, 5.41) is 0. The number of ether oxygens (including phenoxy) is 6. The topological polar surface area (TPSA) is 130 Å². The zero-order valence-electron chi connectivity index (χ0n) is 33.4. The largest absolute Gasteiger partial charge is 0.464 e.